The molecule has 0 saturated heterocycles. The van der Waals surface area contributed by atoms with Crippen LogP contribution in [-0.4, -0.2) is 22.6 Å². The Morgan fingerprint density at radius 2 is 1.68 bits per heavy atom. The second kappa shape index (κ2) is 6.46. The first-order valence-corrected chi connectivity index (χ1v) is 8.25. The van der Waals surface area contributed by atoms with Crippen LogP contribution in [0.4, 0.5) is 5.69 Å². The Morgan fingerprint density at radius 3 is 2.27 bits per heavy atom. The number of rotatable bonds is 5. The summed E-state index contributed by atoms with van der Waals surface area (Å²) in [5, 5.41) is 0.283. The minimum absolute atomic E-state index is 0.198. The Balaban J connectivity index is 2.46. The zero-order valence-corrected chi connectivity index (χ0v) is 14.0. The van der Waals surface area contributed by atoms with Crippen LogP contribution in [0.25, 0.3) is 0 Å². The van der Waals surface area contributed by atoms with E-state index in [9.17, 15) is 8.42 Å². The van der Waals surface area contributed by atoms with E-state index in [0.717, 1.165) is 0 Å². The number of sulfonamides is 1. The molecule has 0 aliphatic rings. The standard InChI is InChI=1S/C15H16ClNO4S/c1-10-6-4-5-7-15(10)22(18,19)17-12-8-11(16)13(20-2)9-14(12)21-3/h4-9,17H,1-3H3. The van der Waals surface area contributed by atoms with Gasteiger partial charge in [0.25, 0.3) is 10.0 Å². The molecule has 0 unspecified atom stereocenters. The quantitative estimate of drug-likeness (QED) is 0.904. The third-order valence-electron chi connectivity index (χ3n) is 3.10. The number of ether oxygens (including phenoxy) is 2. The third-order valence-corrected chi connectivity index (χ3v) is 4.92. The average molecular weight is 342 g/mol. The molecule has 5 nitrogen and oxygen atoms in total. The van der Waals surface area contributed by atoms with Gasteiger partial charge >= 0.3 is 0 Å². The van der Waals surface area contributed by atoms with Crippen molar-refractivity contribution in [2.24, 2.45) is 0 Å². The van der Waals surface area contributed by atoms with E-state index in [0.29, 0.717) is 17.1 Å². The molecule has 0 fully saturated rings. The van der Waals surface area contributed by atoms with Crippen LogP contribution in [0.3, 0.4) is 0 Å². The van der Waals surface area contributed by atoms with Gasteiger partial charge in [-0.05, 0) is 24.6 Å². The van der Waals surface area contributed by atoms with Gasteiger partial charge in [0, 0.05) is 6.07 Å². The fraction of sp³-hybridized carbons (Fsp3) is 0.200. The molecule has 0 aliphatic carbocycles. The molecule has 0 amide bonds. The lowest BCUT2D eigenvalue weighted by Crippen LogP contribution is -2.15. The minimum atomic E-state index is -3.74. The highest BCUT2D eigenvalue weighted by Gasteiger charge is 2.19. The van der Waals surface area contributed by atoms with Crippen LogP contribution < -0.4 is 14.2 Å². The zero-order chi connectivity index (χ0) is 16.3. The van der Waals surface area contributed by atoms with Crippen molar-refractivity contribution in [2.75, 3.05) is 18.9 Å². The van der Waals surface area contributed by atoms with Crippen molar-refractivity contribution < 1.29 is 17.9 Å². The van der Waals surface area contributed by atoms with Gasteiger partial charge in [0.2, 0.25) is 0 Å². The fourth-order valence-corrected chi connectivity index (χ4v) is 3.55. The largest absolute Gasteiger partial charge is 0.495 e. The van der Waals surface area contributed by atoms with E-state index in [-0.39, 0.29) is 15.6 Å². The summed E-state index contributed by atoms with van der Waals surface area (Å²) in [5.74, 6) is 0.718. The second-order valence-electron chi connectivity index (χ2n) is 4.56. The molecule has 0 spiro atoms. The first-order valence-electron chi connectivity index (χ1n) is 6.39. The van der Waals surface area contributed by atoms with Crippen LogP contribution in [0.5, 0.6) is 11.5 Å². The first-order chi connectivity index (χ1) is 10.4. The van der Waals surface area contributed by atoms with E-state index in [2.05, 4.69) is 4.72 Å². The van der Waals surface area contributed by atoms with Crippen molar-refractivity contribution in [1.82, 2.24) is 0 Å². The monoisotopic (exact) mass is 341 g/mol. The van der Waals surface area contributed by atoms with Gasteiger partial charge in [0.15, 0.2) is 0 Å². The molecule has 0 aromatic heterocycles. The van der Waals surface area contributed by atoms with Crippen LogP contribution in [-0.2, 0) is 10.0 Å². The normalized spacial score (nSPS) is 11.1. The number of hydrogen-bond acceptors (Lipinski definition) is 4. The Morgan fingerprint density at radius 1 is 1.05 bits per heavy atom. The van der Waals surface area contributed by atoms with Crippen LogP contribution in [0.15, 0.2) is 41.3 Å². The molecule has 1 N–H and O–H groups in total. The number of anilines is 1. The van der Waals surface area contributed by atoms with Crippen molar-refractivity contribution in [3.8, 4) is 11.5 Å². The van der Waals surface area contributed by atoms with Crippen molar-refractivity contribution >= 4 is 27.3 Å². The Labute approximate surface area is 134 Å². The number of methoxy groups -OCH3 is 2. The van der Waals surface area contributed by atoms with Crippen molar-refractivity contribution in [3.63, 3.8) is 0 Å². The molecule has 118 valence electrons. The molecule has 0 atom stereocenters. The summed E-state index contributed by atoms with van der Waals surface area (Å²) in [6, 6.07) is 9.69. The lowest BCUT2D eigenvalue weighted by molar-refractivity contribution is 0.396. The van der Waals surface area contributed by atoms with Gasteiger partial charge in [0.1, 0.15) is 11.5 Å². The maximum absolute atomic E-state index is 12.5. The number of hydrogen-bond donors (Lipinski definition) is 1. The predicted molar refractivity (Wildman–Crippen MR) is 86.5 cm³/mol. The molecule has 0 aliphatic heterocycles. The molecular weight excluding hydrogens is 326 g/mol. The van der Waals surface area contributed by atoms with Gasteiger partial charge in [-0.25, -0.2) is 8.42 Å². The lowest BCUT2D eigenvalue weighted by atomic mass is 10.2. The summed E-state index contributed by atoms with van der Waals surface area (Å²) in [6.45, 7) is 1.73. The first kappa shape index (κ1) is 16.5. The third kappa shape index (κ3) is 3.28. The summed E-state index contributed by atoms with van der Waals surface area (Å²) >= 11 is 6.05. The highest BCUT2D eigenvalue weighted by molar-refractivity contribution is 7.92. The lowest BCUT2D eigenvalue weighted by Gasteiger charge is -2.15. The highest BCUT2D eigenvalue weighted by Crippen LogP contribution is 2.37. The Kier molecular flexibility index (Phi) is 4.83. The molecule has 0 heterocycles. The SMILES string of the molecule is COc1cc(OC)c(NS(=O)(=O)c2ccccc2C)cc1Cl. The van der Waals surface area contributed by atoms with Crippen molar-refractivity contribution in [1.29, 1.82) is 0 Å². The van der Waals surface area contributed by atoms with Crippen molar-refractivity contribution in [3.05, 3.63) is 47.0 Å². The number of halogens is 1. The number of nitrogens with one attached hydrogen (secondary N) is 1. The average Bonchev–Trinajstić information content (AvgIpc) is 2.47. The van der Waals surface area contributed by atoms with Gasteiger partial charge < -0.3 is 9.47 Å². The van der Waals surface area contributed by atoms with Gasteiger partial charge in [0.05, 0.1) is 29.8 Å². The number of benzene rings is 2. The molecule has 2 aromatic rings. The smallest absolute Gasteiger partial charge is 0.262 e. The van der Waals surface area contributed by atoms with Gasteiger partial charge in [-0.1, -0.05) is 29.8 Å². The summed E-state index contributed by atoms with van der Waals surface area (Å²) < 4.78 is 37.8. The minimum Gasteiger partial charge on any atom is -0.495 e. The van der Waals surface area contributed by atoms with Gasteiger partial charge in [-0.15, -0.1) is 0 Å². The summed E-state index contributed by atoms with van der Waals surface area (Å²) in [6.07, 6.45) is 0. The zero-order valence-electron chi connectivity index (χ0n) is 12.4. The predicted octanol–water partition coefficient (Wildman–Crippen LogP) is 3.47. The van der Waals surface area contributed by atoms with Gasteiger partial charge in [-0.3, -0.25) is 4.72 Å². The molecule has 2 aromatic carbocycles. The van der Waals surface area contributed by atoms with E-state index in [1.807, 2.05) is 0 Å². The summed E-state index contributed by atoms with van der Waals surface area (Å²) in [7, 11) is -0.834. The topological polar surface area (TPSA) is 64.6 Å². The second-order valence-corrected chi connectivity index (χ2v) is 6.62. The molecule has 0 radical (unpaired) electrons. The maximum Gasteiger partial charge on any atom is 0.262 e. The fourth-order valence-electron chi connectivity index (χ4n) is 2.00. The van der Waals surface area contributed by atoms with E-state index in [4.69, 9.17) is 21.1 Å². The molecule has 0 bridgehead atoms. The molecular formula is C15H16ClNO4S. The van der Waals surface area contributed by atoms with E-state index in [1.54, 1.807) is 25.1 Å². The summed E-state index contributed by atoms with van der Waals surface area (Å²) in [5.41, 5.74) is 0.894. The molecule has 7 heteroatoms. The molecule has 2 rings (SSSR count). The van der Waals surface area contributed by atoms with E-state index < -0.39 is 10.0 Å². The van der Waals surface area contributed by atoms with E-state index >= 15 is 0 Å². The Hall–Kier alpha value is -1.92. The van der Waals surface area contributed by atoms with Crippen LogP contribution in [0, 0.1) is 6.92 Å². The van der Waals surface area contributed by atoms with Crippen LogP contribution in [0.1, 0.15) is 5.56 Å². The molecule has 22 heavy (non-hydrogen) atoms. The van der Waals surface area contributed by atoms with Crippen LogP contribution in [0.2, 0.25) is 5.02 Å². The molecule has 0 saturated carbocycles. The number of aryl methyl sites for hydroxylation is 1. The highest BCUT2D eigenvalue weighted by atomic mass is 35.5. The Bertz CT molecular complexity index is 790. The van der Waals surface area contributed by atoms with Crippen LogP contribution >= 0.6 is 11.6 Å². The maximum atomic E-state index is 12.5. The summed E-state index contributed by atoms with van der Waals surface area (Å²) in [4.78, 5) is 0.198. The van der Waals surface area contributed by atoms with Crippen molar-refractivity contribution in [2.45, 2.75) is 11.8 Å². The van der Waals surface area contributed by atoms with Gasteiger partial charge in [-0.2, -0.15) is 0 Å². The van der Waals surface area contributed by atoms with E-state index in [1.165, 1.54) is 32.4 Å².